The van der Waals surface area contributed by atoms with Gasteiger partial charge in [0, 0.05) is 23.1 Å². The summed E-state index contributed by atoms with van der Waals surface area (Å²) in [6.07, 6.45) is -0.0592. The number of carbonyl (C=O) groups is 3. The van der Waals surface area contributed by atoms with Crippen molar-refractivity contribution >= 4 is 17.3 Å². The second kappa shape index (κ2) is 4.85. The van der Waals surface area contributed by atoms with Gasteiger partial charge in [-0.25, -0.2) is 0 Å². The first-order valence-electron chi connectivity index (χ1n) is 6.44. The molecule has 3 heteroatoms. The number of ketones is 3. The van der Waals surface area contributed by atoms with E-state index in [-0.39, 0.29) is 23.8 Å². The van der Waals surface area contributed by atoms with Crippen LogP contribution < -0.4 is 0 Å². The highest BCUT2D eigenvalue weighted by Gasteiger charge is 2.39. The maximum atomic E-state index is 12.2. The molecule has 0 fully saturated rings. The van der Waals surface area contributed by atoms with Gasteiger partial charge in [0.05, 0.1) is 5.92 Å². The normalized spacial score (nSPS) is 14.4. The third-order valence-electron chi connectivity index (χ3n) is 3.58. The zero-order valence-corrected chi connectivity index (χ0v) is 10.7. The van der Waals surface area contributed by atoms with Crippen molar-refractivity contribution in [3.63, 3.8) is 0 Å². The lowest BCUT2D eigenvalue weighted by Crippen LogP contribution is -2.19. The fourth-order valence-corrected chi connectivity index (χ4v) is 2.52. The molecule has 3 nitrogen and oxygen atoms in total. The second-order valence-electron chi connectivity index (χ2n) is 4.82. The van der Waals surface area contributed by atoms with Gasteiger partial charge in [0.15, 0.2) is 17.3 Å². The van der Waals surface area contributed by atoms with Gasteiger partial charge < -0.3 is 0 Å². The molecule has 0 saturated carbocycles. The third kappa shape index (κ3) is 1.97. The molecule has 0 saturated heterocycles. The van der Waals surface area contributed by atoms with Crippen molar-refractivity contribution < 1.29 is 14.4 Å². The summed E-state index contributed by atoms with van der Waals surface area (Å²) in [6.45, 7) is 0. The fraction of sp³-hybridized carbons (Fsp3) is 0.118. The Morgan fingerprint density at radius 2 is 1.30 bits per heavy atom. The van der Waals surface area contributed by atoms with E-state index in [2.05, 4.69) is 0 Å². The largest absolute Gasteiger partial charge is 0.294 e. The Kier molecular flexibility index (Phi) is 3.03. The monoisotopic (exact) mass is 264 g/mol. The third-order valence-corrected chi connectivity index (χ3v) is 3.58. The van der Waals surface area contributed by atoms with Crippen molar-refractivity contribution in [2.75, 3.05) is 0 Å². The zero-order valence-electron chi connectivity index (χ0n) is 10.7. The Bertz CT molecular complexity index is 666. The van der Waals surface area contributed by atoms with E-state index in [1.165, 1.54) is 0 Å². The van der Waals surface area contributed by atoms with E-state index in [0.717, 1.165) is 0 Å². The Balaban J connectivity index is 1.86. The Morgan fingerprint density at radius 3 is 1.85 bits per heavy atom. The maximum Gasteiger partial charge on any atom is 0.174 e. The molecule has 2 aromatic rings. The van der Waals surface area contributed by atoms with E-state index in [0.29, 0.717) is 16.7 Å². The van der Waals surface area contributed by atoms with Crippen LogP contribution in [0.1, 0.15) is 37.5 Å². The lowest BCUT2D eigenvalue weighted by Gasteiger charge is -2.05. The number of hydrogen-bond acceptors (Lipinski definition) is 3. The van der Waals surface area contributed by atoms with Crippen molar-refractivity contribution in [1.29, 1.82) is 0 Å². The Morgan fingerprint density at radius 1 is 0.800 bits per heavy atom. The highest BCUT2D eigenvalue weighted by molar-refractivity contribution is 6.27. The van der Waals surface area contributed by atoms with Crippen LogP contribution in [0, 0.1) is 5.92 Å². The molecule has 3 rings (SSSR count). The number of hydrogen-bond donors (Lipinski definition) is 0. The fourth-order valence-electron chi connectivity index (χ4n) is 2.52. The summed E-state index contributed by atoms with van der Waals surface area (Å²) in [7, 11) is 0. The molecule has 0 radical (unpaired) electrons. The molecule has 2 aromatic carbocycles. The molecule has 0 atom stereocenters. The first kappa shape index (κ1) is 12.5. The molecule has 0 spiro atoms. The van der Waals surface area contributed by atoms with Gasteiger partial charge in [0.25, 0.3) is 0 Å². The summed E-state index contributed by atoms with van der Waals surface area (Å²) < 4.78 is 0. The molecule has 1 aliphatic carbocycles. The lowest BCUT2D eigenvalue weighted by atomic mass is 9.94. The Labute approximate surface area is 116 Å². The van der Waals surface area contributed by atoms with Crippen LogP contribution >= 0.6 is 0 Å². The average molecular weight is 264 g/mol. The molecule has 0 unspecified atom stereocenters. The highest BCUT2D eigenvalue weighted by Crippen LogP contribution is 2.29. The average Bonchev–Trinajstić information content (AvgIpc) is 2.74. The molecule has 0 N–H and O–H groups in total. The van der Waals surface area contributed by atoms with E-state index in [9.17, 15) is 14.4 Å². The first-order chi connectivity index (χ1) is 9.68. The van der Waals surface area contributed by atoms with Crippen molar-refractivity contribution in [2.45, 2.75) is 6.42 Å². The SMILES string of the molecule is O=C(CC1C(=O)c2ccccc2C1=O)c1ccccc1. The standard InChI is InChI=1S/C17H12O3/c18-15(11-6-2-1-3-7-11)10-14-16(19)12-8-4-5-9-13(12)17(14)20/h1-9,14H,10H2. The summed E-state index contributed by atoms with van der Waals surface area (Å²) in [5.74, 6) is -1.52. The van der Waals surface area contributed by atoms with Crippen molar-refractivity contribution in [3.8, 4) is 0 Å². The summed E-state index contributed by atoms with van der Waals surface area (Å²) in [5.41, 5.74) is 1.40. The number of fused-ring (bicyclic) bond motifs is 1. The van der Waals surface area contributed by atoms with Crippen LogP contribution in [0.15, 0.2) is 54.6 Å². The van der Waals surface area contributed by atoms with Crippen LogP contribution in [0.25, 0.3) is 0 Å². The van der Waals surface area contributed by atoms with Gasteiger partial charge >= 0.3 is 0 Å². The topological polar surface area (TPSA) is 51.2 Å². The summed E-state index contributed by atoms with van der Waals surface area (Å²) in [5, 5.41) is 0. The molecule has 1 aliphatic rings. The number of Topliss-reactive ketones (excluding diaryl/α,β-unsaturated/α-hetero) is 3. The van der Waals surface area contributed by atoms with Crippen molar-refractivity contribution in [1.82, 2.24) is 0 Å². The zero-order chi connectivity index (χ0) is 14.1. The molecule has 20 heavy (non-hydrogen) atoms. The Hall–Kier alpha value is -2.55. The van der Waals surface area contributed by atoms with Crippen LogP contribution in [-0.4, -0.2) is 17.3 Å². The minimum Gasteiger partial charge on any atom is -0.294 e. The van der Waals surface area contributed by atoms with Gasteiger partial charge in [-0.2, -0.15) is 0 Å². The lowest BCUT2D eigenvalue weighted by molar-refractivity contribution is 0.0786. The predicted molar refractivity (Wildman–Crippen MR) is 74.0 cm³/mol. The van der Waals surface area contributed by atoms with Gasteiger partial charge in [-0.15, -0.1) is 0 Å². The highest BCUT2D eigenvalue weighted by atomic mass is 16.2. The van der Waals surface area contributed by atoms with Gasteiger partial charge in [-0.05, 0) is 0 Å². The molecule has 0 bridgehead atoms. The quantitative estimate of drug-likeness (QED) is 0.632. The second-order valence-corrected chi connectivity index (χ2v) is 4.82. The summed E-state index contributed by atoms with van der Waals surface area (Å²) in [6, 6.07) is 15.5. The molecule has 0 aromatic heterocycles. The maximum absolute atomic E-state index is 12.2. The molecular weight excluding hydrogens is 252 g/mol. The van der Waals surface area contributed by atoms with Crippen LogP contribution in [0.3, 0.4) is 0 Å². The van der Waals surface area contributed by atoms with Gasteiger partial charge in [0.2, 0.25) is 0 Å². The molecule has 0 aliphatic heterocycles. The van der Waals surface area contributed by atoms with Crippen LogP contribution in [-0.2, 0) is 0 Å². The first-order valence-corrected chi connectivity index (χ1v) is 6.44. The van der Waals surface area contributed by atoms with E-state index >= 15 is 0 Å². The van der Waals surface area contributed by atoms with E-state index in [4.69, 9.17) is 0 Å². The summed E-state index contributed by atoms with van der Waals surface area (Å²) >= 11 is 0. The minimum absolute atomic E-state index is 0.0592. The van der Waals surface area contributed by atoms with Gasteiger partial charge in [-0.3, -0.25) is 14.4 Å². The molecule has 0 amide bonds. The van der Waals surface area contributed by atoms with E-state index in [1.807, 2.05) is 6.07 Å². The molecule has 0 heterocycles. The van der Waals surface area contributed by atoms with Crippen molar-refractivity contribution in [2.24, 2.45) is 5.92 Å². The molecule has 98 valence electrons. The van der Waals surface area contributed by atoms with E-state index in [1.54, 1.807) is 48.5 Å². The number of rotatable bonds is 3. The number of benzene rings is 2. The van der Waals surface area contributed by atoms with Crippen LogP contribution in [0.4, 0.5) is 0 Å². The number of carbonyl (C=O) groups excluding carboxylic acids is 3. The van der Waals surface area contributed by atoms with Crippen LogP contribution in [0.5, 0.6) is 0 Å². The van der Waals surface area contributed by atoms with Gasteiger partial charge in [-0.1, -0.05) is 54.6 Å². The minimum atomic E-state index is -0.861. The summed E-state index contributed by atoms with van der Waals surface area (Å²) in [4.78, 5) is 36.5. The smallest absolute Gasteiger partial charge is 0.174 e. The van der Waals surface area contributed by atoms with E-state index < -0.39 is 5.92 Å². The predicted octanol–water partition coefficient (Wildman–Crippen LogP) is 2.95. The van der Waals surface area contributed by atoms with Gasteiger partial charge in [0.1, 0.15) is 0 Å². The molecular formula is C17H12O3. The van der Waals surface area contributed by atoms with Crippen molar-refractivity contribution in [3.05, 3.63) is 71.3 Å². The van der Waals surface area contributed by atoms with Crippen LogP contribution in [0.2, 0.25) is 0 Å².